The molecule has 0 unspecified atom stereocenters. The number of hydrogen-bond donors (Lipinski definition) is 2. The summed E-state index contributed by atoms with van der Waals surface area (Å²) in [6.45, 7) is 3.23. The van der Waals surface area contributed by atoms with Crippen LogP contribution in [0.3, 0.4) is 0 Å². The first-order chi connectivity index (χ1) is 12.5. The van der Waals surface area contributed by atoms with E-state index < -0.39 is 0 Å². The molecule has 6 nitrogen and oxygen atoms in total. The summed E-state index contributed by atoms with van der Waals surface area (Å²) in [4.78, 5) is 35.7. The first kappa shape index (κ1) is 19.9. The summed E-state index contributed by atoms with van der Waals surface area (Å²) in [6.07, 6.45) is 6.72. The maximum absolute atomic E-state index is 12.1. The quantitative estimate of drug-likeness (QED) is 0.695. The number of Topliss-reactive ketones (excluding diaryl/α,β-unsaturated/α-hetero) is 1. The van der Waals surface area contributed by atoms with Crippen LogP contribution in [0.1, 0.15) is 69.2 Å². The SMILES string of the molecule is CCCC(=O)Nc1ccc(OCC(=O)NC2CCCCC2)c(C(C)=O)c1. The molecular formula is C20H28N2O4. The van der Waals surface area contributed by atoms with Gasteiger partial charge in [-0.25, -0.2) is 0 Å². The van der Waals surface area contributed by atoms with Gasteiger partial charge >= 0.3 is 0 Å². The number of anilines is 1. The molecule has 26 heavy (non-hydrogen) atoms. The van der Waals surface area contributed by atoms with E-state index in [1.54, 1.807) is 18.2 Å². The molecule has 0 atom stereocenters. The molecule has 0 bridgehead atoms. The smallest absolute Gasteiger partial charge is 0.258 e. The van der Waals surface area contributed by atoms with Crippen molar-refractivity contribution in [1.82, 2.24) is 5.32 Å². The van der Waals surface area contributed by atoms with Crippen molar-refractivity contribution in [2.24, 2.45) is 0 Å². The van der Waals surface area contributed by atoms with Gasteiger partial charge in [0.1, 0.15) is 5.75 Å². The van der Waals surface area contributed by atoms with Gasteiger partial charge in [0.15, 0.2) is 12.4 Å². The Balaban J connectivity index is 1.95. The van der Waals surface area contributed by atoms with Crippen molar-refractivity contribution in [1.29, 1.82) is 0 Å². The zero-order chi connectivity index (χ0) is 18.9. The molecule has 1 saturated carbocycles. The van der Waals surface area contributed by atoms with Crippen molar-refractivity contribution >= 4 is 23.3 Å². The van der Waals surface area contributed by atoms with Crippen LogP contribution in [0.2, 0.25) is 0 Å². The average Bonchev–Trinajstić information content (AvgIpc) is 2.61. The van der Waals surface area contributed by atoms with Crippen LogP contribution in [0.25, 0.3) is 0 Å². The Bertz CT molecular complexity index is 651. The largest absolute Gasteiger partial charge is 0.483 e. The van der Waals surface area contributed by atoms with E-state index in [1.165, 1.54) is 13.3 Å². The van der Waals surface area contributed by atoms with Gasteiger partial charge in [0.25, 0.3) is 5.91 Å². The summed E-state index contributed by atoms with van der Waals surface area (Å²) in [5.41, 5.74) is 0.900. The second-order valence-electron chi connectivity index (χ2n) is 6.76. The number of carbonyl (C=O) groups is 3. The van der Waals surface area contributed by atoms with Gasteiger partial charge in [0, 0.05) is 18.2 Å². The van der Waals surface area contributed by atoms with E-state index in [4.69, 9.17) is 4.74 Å². The lowest BCUT2D eigenvalue weighted by Gasteiger charge is -2.22. The molecule has 6 heteroatoms. The molecule has 0 spiro atoms. The Morgan fingerprint density at radius 2 is 1.85 bits per heavy atom. The van der Waals surface area contributed by atoms with Crippen LogP contribution in [0.15, 0.2) is 18.2 Å². The summed E-state index contributed by atoms with van der Waals surface area (Å²) >= 11 is 0. The lowest BCUT2D eigenvalue weighted by molar-refractivity contribution is -0.124. The third-order valence-corrected chi connectivity index (χ3v) is 4.45. The first-order valence-corrected chi connectivity index (χ1v) is 9.36. The second-order valence-corrected chi connectivity index (χ2v) is 6.76. The molecule has 0 aromatic heterocycles. The van der Waals surface area contributed by atoms with Crippen LogP contribution in [-0.4, -0.2) is 30.2 Å². The minimum atomic E-state index is -0.181. The number of ketones is 1. The van der Waals surface area contributed by atoms with E-state index in [-0.39, 0.29) is 30.2 Å². The second kappa shape index (κ2) is 9.94. The Hall–Kier alpha value is -2.37. The Labute approximate surface area is 154 Å². The number of carbonyl (C=O) groups excluding carboxylic acids is 3. The van der Waals surface area contributed by atoms with Gasteiger partial charge < -0.3 is 15.4 Å². The average molecular weight is 360 g/mol. The van der Waals surface area contributed by atoms with Crippen LogP contribution in [0.5, 0.6) is 5.75 Å². The van der Waals surface area contributed by atoms with Crippen molar-refractivity contribution in [2.45, 2.75) is 64.8 Å². The zero-order valence-electron chi connectivity index (χ0n) is 15.6. The lowest BCUT2D eigenvalue weighted by Crippen LogP contribution is -2.39. The van der Waals surface area contributed by atoms with Crippen molar-refractivity contribution in [3.8, 4) is 5.75 Å². The summed E-state index contributed by atoms with van der Waals surface area (Å²) in [5.74, 6) is -0.0988. The van der Waals surface area contributed by atoms with E-state index in [0.29, 0.717) is 23.4 Å². The maximum Gasteiger partial charge on any atom is 0.258 e. The van der Waals surface area contributed by atoms with Crippen LogP contribution in [-0.2, 0) is 9.59 Å². The first-order valence-electron chi connectivity index (χ1n) is 9.36. The van der Waals surface area contributed by atoms with Crippen LogP contribution in [0.4, 0.5) is 5.69 Å². The lowest BCUT2D eigenvalue weighted by atomic mass is 9.95. The van der Waals surface area contributed by atoms with Gasteiger partial charge in [-0.2, -0.15) is 0 Å². The summed E-state index contributed by atoms with van der Waals surface area (Å²) in [7, 11) is 0. The van der Waals surface area contributed by atoms with Crippen molar-refractivity contribution in [2.75, 3.05) is 11.9 Å². The highest BCUT2D eigenvalue weighted by Crippen LogP contribution is 2.24. The number of nitrogens with one attached hydrogen (secondary N) is 2. The molecule has 1 aliphatic carbocycles. The molecule has 0 saturated heterocycles. The number of ether oxygens (including phenoxy) is 1. The molecular weight excluding hydrogens is 332 g/mol. The van der Waals surface area contributed by atoms with E-state index >= 15 is 0 Å². The minimum Gasteiger partial charge on any atom is -0.483 e. The highest BCUT2D eigenvalue weighted by molar-refractivity contribution is 5.99. The molecule has 2 rings (SSSR count). The fourth-order valence-electron chi connectivity index (χ4n) is 3.12. The van der Waals surface area contributed by atoms with Gasteiger partial charge in [-0.3, -0.25) is 14.4 Å². The predicted molar refractivity (Wildman–Crippen MR) is 100 cm³/mol. The highest BCUT2D eigenvalue weighted by Gasteiger charge is 2.17. The van der Waals surface area contributed by atoms with E-state index in [9.17, 15) is 14.4 Å². The molecule has 0 radical (unpaired) electrons. The molecule has 1 aromatic carbocycles. The van der Waals surface area contributed by atoms with Crippen LogP contribution >= 0.6 is 0 Å². The molecule has 1 fully saturated rings. The molecule has 0 aliphatic heterocycles. The molecule has 1 aromatic rings. The standard InChI is InChI=1S/C20H28N2O4/c1-3-7-19(24)22-16-10-11-18(17(12-16)14(2)23)26-13-20(25)21-15-8-5-4-6-9-15/h10-12,15H,3-9,13H2,1-2H3,(H,21,25)(H,22,24). The molecule has 2 amide bonds. The van der Waals surface area contributed by atoms with Gasteiger partial charge in [0.05, 0.1) is 5.56 Å². The third kappa shape index (κ3) is 6.17. The number of benzene rings is 1. The van der Waals surface area contributed by atoms with Crippen molar-refractivity contribution < 1.29 is 19.1 Å². The predicted octanol–water partition coefficient (Wildman–Crippen LogP) is 3.46. The highest BCUT2D eigenvalue weighted by atomic mass is 16.5. The van der Waals surface area contributed by atoms with E-state index in [1.807, 2.05) is 6.92 Å². The summed E-state index contributed by atoms with van der Waals surface area (Å²) in [6, 6.07) is 5.11. The molecule has 2 N–H and O–H groups in total. The monoisotopic (exact) mass is 360 g/mol. The van der Waals surface area contributed by atoms with Crippen molar-refractivity contribution in [3.63, 3.8) is 0 Å². The van der Waals surface area contributed by atoms with Gasteiger partial charge in [-0.05, 0) is 44.4 Å². The Morgan fingerprint density at radius 1 is 1.12 bits per heavy atom. The Morgan fingerprint density at radius 3 is 2.50 bits per heavy atom. The third-order valence-electron chi connectivity index (χ3n) is 4.45. The van der Waals surface area contributed by atoms with Gasteiger partial charge in [-0.1, -0.05) is 26.2 Å². The van der Waals surface area contributed by atoms with Crippen LogP contribution in [0, 0.1) is 0 Å². The van der Waals surface area contributed by atoms with E-state index in [2.05, 4.69) is 10.6 Å². The number of hydrogen-bond acceptors (Lipinski definition) is 4. The summed E-state index contributed by atoms with van der Waals surface area (Å²) < 4.78 is 5.56. The normalized spacial score (nSPS) is 14.5. The molecule has 142 valence electrons. The minimum absolute atomic E-state index is 0.0949. The van der Waals surface area contributed by atoms with Crippen LogP contribution < -0.4 is 15.4 Å². The number of rotatable bonds is 8. The molecule has 0 heterocycles. The Kier molecular flexibility index (Phi) is 7.63. The van der Waals surface area contributed by atoms with E-state index in [0.717, 1.165) is 32.1 Å². The maximum atomic E-state index is 12.1. The van der Waals surface area contributed by atoms with Crippen molar-refractivity contribution in [3.05, 3.63) is 23.8 Å². The topological polar surface area (TPSA) is 84.5 Å². The fourth-order valence-corrected chi connectivity index (χ4v) is 3.12. The molecule has 1 aliphatic rings. The fraction of sp³-hybridized carbons (Fsp3) is 0.550. The number of amides is 2. The summed E-state index contributed by atoms with van der Waals surface area (Å²) in [5, 5.41) is 5.74. The van der Waals surface area contributed by atoms with Gasteiger partial charge in [0.2, 0.25) is 5.91 Å². The van der Waals surface area contributed by atoms with Gasteiger partial charge in [-0.15, -0.1) is 0 Å². The zero-order valence-corrected chi connectivity index (χ0v) is 15.6.